The fourth-order valence-electron chi connectivity index (χ4n) is 2.35. The highest BCUT2D eigenvalue weighted by Crippen LogP contribution is 2.22. The molecule has 0 atom stereocenters. The van der Waals surface area contributed by atoms with Crippen LogP contribution in [0.4, 0.5) is 14.5 Å². The zero-order chi connectivity index (χ0) is 19.2. The van der Waals surface area contributed by atoms with Gasteiger partial charge in [0, 0.05) is 12.1 Å². The first-order chi connectivity index (χ1) is 13.0. The number of halogens is 2. The molecule has 138 valence electrons. The molecule has 1 N–H and O–H groups in total. The third-order valence-corrected chi connectivity index (χ3v) is 3.63. The van der Waals surface area contributed by atoms with E-state index in [0.29, 0.717) is 11.4 Å². The minimum Gasteiger partial charge on any atom is -0.497 e. The maximum Gasteiger partial charge on any atom is 0.228 e. The molecule has 3 rings (SSSR count). The second-order valence-electron chi connectivity index (χ2n) is 5.64. The van der Waals surface area contributed by atoms with Gasteiger partial charge in [-0.05, 0) is 35.9 Å². The Morgan fingerprint density at radius 2 is 1.89 bits per heavy atom. The Morgan fingerprint density at radius 3 is 2.59 bits per heavy atom. The quantitative estimate of drug-likeness (QED) is 0.701. The molecule has 0 aliphatic carbocycles. The van der Waals surface area contributed by atoms with Crippen LogP contribution in [-0.2, 0) is 11.2 Å². The molecule has 1 aromatic heterocycles. The Bertz CT molecular complexity index is 946. The lowest BCUT2D eigenvalue weighted by Gasteiger charge is -2.08. The van der Waals surface area contributed by atoms with Crippen molar-refractivity contribution in [3.63, 3.8) is 0 Å². The molecular weight excluding hydrogens is 354 g/mol. The Hall–Kier alpha value is -3.48. The standard InChI is InChI=1S/C20H16F2N2O3/c1-26-15-4-2-3-13(9-15)10-19(25)24-14-5-8-20(23-12-14)27-16-6-7-17(21)18(22)11-16/h2-9,11-12H,10H2,1H3,(H,24,25). The number of pyridine rings is 1. The Kier molecular flexibility index (Phi) is 5.61. The van der Waals surface area contributed by atoms with E-state index in [1.807, 2.05) is 12.1 Å². The molecular formula is C20H16F2N2O3. The fourth-order valence-corrected chi connectivity index (χ4v) is 2.35. The number of carbonyl (C=O) groups excluding carboxylic acids is 1. The lowest BCUT2D eigenvalue weighted by Crippen LogP contribution is -2.14. The maximum atomic E-state index is 13.2. The summed E-state index contributed by atoms with van der Waals surface area (Å²) >= 11 is 0. The summed E-state index contributed by atoms with van der Waals surface area (Å²) in [7, 11) is 1.56. The van der Waals surface area contributed by atoms with Gasteiger partial charge in [0.2, 0.25) is 11.8 Å². The highest BCUT2D eigenvalue weighted by Gasteiger charge is 2.08. The summed E-state index contributed by atoms with van der Waals surface area (Å²) in [5.41, 5.74) is 1.30. The van der Waals surface area contributed by atoms with Crippen molar-refractivity contribution < 1.29 is 23.0 Å². The zero-order valence-corrected chi connectivity index (χ0v) is 14.4. The van der Waals surface area contributed by atoms with Crippen LogP contribution in [0.1, 0.15) is 5.56 Å². The fraction of sp³-hybridized carbons (Fsp3) is 0.100. The van der Waals surface area contributed by atoms with Gasteiger partial charge in [-0.25, -0.2) is 13.8 Å². The van der Waals surface area contributed by atoms with Crippen LogP contribution < -0.4 is 14.8 Å². The van der Waals surface area contributed by atoms with Gasteiger partial charge in [-0.3, -0.25) is 4.79 Å². The number of nitrogens with zero attached hydrogens (tertiary/aromatic N) is 1. The highest BCUT2D eigenvalue weighted by atomic mass is 19.2. The van der Waals surface area contributed by atoms with Crippen LogP contribution in [0.3, 0.4) is 0 Å². The number of amides is 1. The van der Waals surface area contributed by atoms with E-state index in [2.05, 4.69) is 10.3 Å². The van der Waals surface area contributed by atoms with Crippen molar-refractivity contribution in [1.82, 2.24) is 4.98 Å². The van der Waals surface area contributed by atoms with Crippen LogP contribution >= 0.6 is 0 Å². The molecule has 0 saturated carbocycles. The summed E-state index contributed by atoms with van der Waals surface area (Å²) in [6.45, 7) is 0. The van der Waals surface area contributed by atoms with Crippen molar-refractivity contribution in [3.8, 4) is 17.4 Å². The van der Waals surface area contributed by atoms with Crippen LogP contribution in [0.5, 0.6) is 17.4 Å². The summed E-state index contributed by atoms with van der Waals surface area (Å²) in [4.78, 5) is 16.2. The molecule has 0 aliphatic rings. The summed E-state index contributed by atoms with van der Waals surface area (Å²) < 4.78 is 36.6. The molecule has 1 heterocycles. The van der Waals surface area contributed by atoms with Gasteiger partial charge >= 0.3 is 0 Å². The molecule has 3 aromatic rings. The molecule has 7 heteroatoms. The molecule has 1 amide bonds. The lowest BCUT2D eigenvalue weighted by molar-refractivity contribution is -0.115. The molecule has 2 aromatic carbocycles. The molecule has 0 saturated heterocycles. The molecule has 0 unspecified atom stereocenters. The summed E-state index contributed by atoms with van der Waals surface area (Å²) in [6, 6.07) is 13.6. The number of methoxy groups -OCH3 is 1. The van der Waals surface area contributed by atoms with Crippen molar-refractivity contribution in [2.45, 2.75) is 6.42 Å². The van der Waals surface area contributed by atoms with E-state index in [9.17, 15) is 13.6 Å². The zero-order valence-electron chi connectivity index (χ0n) is 14.4. The minimum atomic E-state index is -1.01. The van der Waals surface area contributed by atoms with E-state index < -0.39 is 11.6 Å². The smallest absolute Gasteiger partial charge is 0.228 e. The van der Waals surface area contributed by atoms with Gasteiger partial charge in [0.25, 0.3) is 0 Å². The average molecular weight is 370 g/mol. The third kappa shape index (κ3) is 5.01. The van der Waals surface area contributed by atoms with Gasteiger partial charge in [-0.1, -0.05) is 12.1 Å². The summed E-state index contributed by atoms with van der Waals surface area (Å²) in [5.74, 6) is -1.18. The third-order valence-electron chi connectivity index (χ3n) is 3.63. The van der Waals surface area contributed by atoms with E-state index in [4.69, 9.17) is 9.47 Å². The second-order valence-corrected chi connectivity index (χ2v) is 5.64. The first-order valence-corrected chi connectivity index (χ1v) is 8.05. The van der Waals surface area contributed by atoms with Crippen LogP contribution in [0.2, 0.25) is 0 Å². The highest BCUT2D eigenvalue weighted by molar-refractivity contribution is 5.92. The van der Waals surface area contributed by atoms with Gasteiger partial charge in [0.1, 0.15) is 11.5 Å². The first-order valence-electron chi connectivity index (χ1n) is 8.05. The second kappa shape index (κ2) is 8.27. The van der Waals surface area contributed by atoms with Crippen molar-refractivity contribution in [2.24, 2.45) is 0 Å². The van der Waals surface area contributed by atoms with E-state index in [0.717, 1.165) is 17.7 Å². The van der Waals surface area contributed by atoms with E-state index >= 15 is 0 Å². The average Bonchev–Trinajstić information content (AvgIpc) is 2.66. The van der Waals surface area contributed by atoms with Crippen molar-refractivity contribution in [3.05, 3.63) is 78.0 Å². The number of benzene rings is 2. The number of carbonyl (C=O) groups is 1. The molecule has 0 aliphatic heterocycles. The SMILES string of the molecule is COc1cccc(CC(=O)Nc2ccc(Oc3ccc(F)c(F)c3)nc2)c1. The monoisotopic (exact) mass is 370 g/mol. The number of hydrogen-bond donors (Lipinski definition) is 1. The van der Waals surface area contributed by atoms with Gasteiger partial charge in [0.05, 0.1) is 25.4 Å². The van der Waals surface area contributed by atoms with Gasteiger partial charge in [-0.2, -0.15) is 0 Å². The van der Waals surface area contributed by atoms with Crippen molar-refractivity contribution >= 4 is 11.6 Å². The Morgan fingerprint density at radius 1 is 1.04 bits per heavy atom. The molecule has 0 radical (unpaired) electrons. The number of nitrogens with one attached hydrogen (secondary N) is 1. The normalized spacial score (nSPS) is 10.3. The topological polar surface area (TPSA) is 60.5 Å². The van der Waals surface area contributed by atoms with Crippen molar-refractivity contribution in [1.29, 1.82) is 0 Å². The van der Waals surface area contributed by atoms with Crippen LogP contribution in [0.15, 0.2) is 60.8 Å². The predicted octanol–water partition coefficient (Wildman–Crippen LogP) is 4.34. The number of aromatic nitrogens is 1. The molecule has 27 heavy (non-hydrogen) atoms. The van der Waals surface area contributed by atoms with Gasteiger partial charge in [0.15, 0.2) is 11.6 Å². The molecule has 0 bridgehead atoms. The van der Waals surface area contributed by atoms with Gasteiger partial charge < -0.3 is 14.8 Å². The number of rotatable bonds is 6. The van der Waals surface area contributed by atoms with Crippen LogP contribution in [-0.4, -0.2) is 18.0 Å². The maximum absolute atomic E-state index is 13.2. The van der Waals surface area contributed by atoms with Gasteiger partial charge in [-0.15, -0.1) is 0 Å². The predicted molar refractivity (Wildman–Crippen MR) is 96.0 cm³/mol. The molecule has 5 nitrogen and oxygen atoms in total. The lowest BCUT2D eigenvalue weighted by atomic mass is 10.1. The number of anilines is 1. The van der Waals surface area contributed by atoms with E-state index in [1.54, 1.807) is 25.3 Å². The van der Waals surface area contributed by atoms with Crippen LogP contribution in [0, 0.1) is 11.6 Å². The minimum absolute atomic E-state index is 0.121. The summed E-state index contributed by atoms with van der Waals surface area (Å²) in [6.07, 6.45) is 1.60. The Labute approximate surface area is 154 Å². The summed E-state index contributed by atoms with van der Waals surface area (Å²) in [5, 5.41) is 2.73. The van der Waals surface area contributed by atoms with E-state index in [-0.39, 0.29) is 24.0 Å². The van der Waals surface area contributed by atoms with Crippen molar-refractivity contribution in [2.75, 3.05) is 12.4 Å². The largest absolute Gasteiger partial charge is 0.497 e. The molecule has 0 fully saturated rings. The first kappa shape index (κ1) is 18.3. The number of hydrogen-bond acceptors (Lipinski definition) is 4. The number of ether oxygens (including phenoxy) is 2. The van der Waals surface area contributed by atoms with E-state index in [1.165, 1.54) is 18.3 Å². The van der Waals surface area contributed by atoms with Crippen LogP contribution in [0.25, 0.3) is 0 Å². The Balaban J connectivity index is 1.59. The molecule has 0 spiro atoms.